The number of pyridine rings is 1. The molecular weight excluding hydrogens is 335 g/mol. The predicted molar refractivity (Wildman–Crippen MR) is 85.6 cm³/mol. The van der Waals surface area contributed by atoms with E-state index in [1.54, 1.807) is 24.5 Å². The fraction of sp³-hybridized carbons (Fsp3) is 0.188. The maximum atomic E-state index is 13.6. The summed E-state index contributed by atoms with van der Waals surface area (Å²) in [6.07, 6.45) is 3.16. The van der Waals surface area contributed by atoms with Crippen LogP contribution in [0.1, 0.15) is 0 Å². The van der Waals surface area contributed by atoms with Crippen LogP contribution in [0.5, 0.6) is 11.5 Å². The molecule has 2 aromatic rings. The minimum atomic E-state index is -3.85. The van der Waals surface area contributed by atoms with Crippen molar-refractivity contribution in [1.29, 1.82) is 0 Å². The molecule has 126 valence electrons. The van der Waals surface area contributed by atoms with Gasteiger partial charge in [0.25, 0.3) is 0 Å². The normalized spacial score (nSPS) is 10.6. The first-order chi connectivity index (χ1) is 11.5. The molecule has 1 heterocycles. The summed E-state index contributed by atoms with van der Waals surface area (Å²) in [6, 6.07) is 6.85. The number of hydrogen-bond donors (Lipinski definition) is 1. The Bertz CT molecular complexity index is 845. The van der Waals surface area contributed by atoms with E-state index in [4.69, 9.17) is 9.47 Å². The Labute approximate surface area is 139 Å². The Hall–Kier alpha value is -2.63. The van der Waals surface area contributed by atoms with Crippen LogP contribution in [-0.4, -0.2) is 33.7 Å². The van der Waals surface area contributed by atoms with Crippen LogP contribution in [0.2, 0.25) is 0 Å². The van der Waals surface area contributed by atoms with Crippen molar-refractivity contribution in [2.24, 2.45) is 0 Å². The van der Waals surface area contributed by atoms with Crippen molar-refractivity contribution in [1.82, 2.24) is 9.71 Å². The van der Waals surface area contributed by atoms with Crippen LogP contribution in [-0.2, 0) is 10.0 Å². The average Bonchev–Trinajstić information content (AvgIpc) is 2.58. The van der Waals surface area contributed by atoms with Crippen LogP contribution in [0.4, 0.5) is 4.39 Å². The van der Waals surface area contributed by atoms with Gasteiger partial charge in [0, 0.05) is 6.20 Å². The van der Waals surface area contributed by atoms with Crippen molar-refractivity contribution in [2.45, 2.75) is 4.90 Å². The van der Waals surface area contributed by atoms with Crippen LogP contribution < -0.4 is 14.2 Å². The van der Waals surface area contributed by atoms with Gasteiger partial charge in [0.2, 0.25) is 10.0 Å². The Kier molecular flexibility index (Phi) is 6.12. The SMILES string of the molecule is COc1ccc(S(=O)(=O)NCC#CCOc2cccnc2)cc1F. The standard InChI is InChI=1S/C16H15FN2O4S/c1-22-16-7-6-14(11-15(16)17)24(20,21)19-9-2-3-10-23-13-5-4-8-18-12-13/h4-8,11-12,19H,9-10H2,1H3. The molecule has 0 saturated carbocycles. The number of ether oxygens (including phenoxy) is 2. The summed E-state index contributed by atoms with van der Waals surface area (Å²) in [6.45, 7) is -0.0169. The van der Waals surface area contributed by atoms with Gasteiger partial charge >= 0.3 is 0 Å². The second-order valence-electron chi connectivity index (χ2n) is 4.45. The van der Waals surface area contributed by atoms with Gasteiger partial charge in [0.1, 0.15) is 12.4 Å². The monoisotopic (exact) mass is 350 g/mol. The first kappa shape index (κ1) is 17.7. The maximum Gasteiger partial charge on any atom is 0.241 e. The van der Waals surface area contributed by atoms with E-state index in [0.29, 0.717) is 5.75 Å². The molecule has 0 spiro atoms. The highest BCUT2D eigenvalue weighted by Gasteiger charge is 2.15. The number of benzene rings is 1. The molecule has 0 aliphatic rings. The van der Waals surface area contributed by atoms with E-state index in [2.05, 4.69) is 21.5 Å². The lowest BCUT2D eigenvalue weighted by Gasteiger charge is -2.06. The molecule has 0 aliphatic carbocycles. The third-order valence-corrected chi connectivity index (χ3v) is 4.25. The topological polar surface area (TPSA) is 77.5 Å². The zero-order valence-corrected chi connectivity index (χ0v) is 13.6. The molecule has 1 aromatic heterocycles. The summed E-state index contributed by atoms with van der Waals surface area (Å²) in [7, 11) is -2.55. The molecule has 6 nitrogen and oxygen atoms in total. The molecule has 0 bridgehead atoms. The number of hydrogen-bond acceptors (Lipinski definition) is 5. The lowest BCUT2D eigenvalue weighted by molar-refractivity contribution is 0.368. The fourth-order valence-corrected chi connectivity index (χ4v) is 2.63. The highest BCUT2D eigenvalue weighted by Crippen LogP contribution is 2.20. The molecule has 0 atom stereocenters. The number of aromatic nitrogens is 1. The molecule has 2 rings (SSSR count). The second kappa shape index (κ2) is 8.29. The van der Waals surface area contributed by atoms with Crippen LogP contribution >= 0.6 is 0 Å². The number of sulfonamides is 1. The summed E-state index contributed by atoms with van der Waals surface area (Å²) in [5.74, 6) is 5.07. The van der Waals surface area contributed by atoms with Crippen molar-refractivity contribution in [2.75, 3.05) is 20.3 Å². The Morgan fingerprint density at radius 3 is 2.79 bits per heavy atom. The Morgan fingerprint density at radius 2 is 2.12 bits per heavy atom. The molecular formula is C16H15FN2O4S. The van der Waals surface area contributed by atoms with E-state index in [1.165, 1.54) is 19.2 Å². The quantitative estimate of drug-likeness (QED) is 0.801. The third kappa shape index (κ3) is 4.94. The lowest BCUT2D eigenvalue weighted by atomic mass is 10.3. The van der Waals surface area contributed by atoms with Crippen molar-refractivity contribution in [3.63, 3.8) is 0 Å². The molecule has 0 saturated heterocycles. The highest BCUT2D eigenvalue weighted by atomic mass is 32.2. The summed E-state index contributed by atoms with van der Waals surface area (Å²) in [5.41, 5.74) is 0. The number of nitrogens with one attached hydrogen (secondary N) is 1. The van der Waals surface area contributed by atoms with E-state index >= 15 is 0 Å². The van der Waals surface area contributed by atoms with E-state index in [-0.39, 0.29) is 23.8 Å². The van der Waals surface area contributed by atoms with Crippen molar-refractivity contribution in [3.05, 3.63) is 48.5 Å². The van der Waals surface area contributed by atoms with Gasteiger partial charge in [-0.05, 0) is 30.3 Å². The highest BCUT2D eigenvalue weighted by molar-refractivity contribution is 7.89. The van der Waals surface area contributed by atoms with Gasteiger partial charge in [-0.1, -0.05) is 11.8 Å². The van der Waals surface area contributed by atoms with Gasteiger partial charge in [0.05, 0.1) is 24.7 Å². The molecule has 0 fully saturated rings. The summed E-state index contributed by atoms with van der Waals surface area (Å²) in [5, 5.41) is 0. The number of nitrogens with zero attached hydrogens (tertiary/aromatic N) is 1. The van der Waals surface area contributed by atoms with E-state index < -0.39 is 15.8 Å². The largest absolute Gasteiger partial charge is 0.494 e. The van der Waals surface area contributed by atoms with Crippen LogP contribution in [0, 0.1) is 17.7 Å². The summed E-state index contributed by atoms with van der Waals surface area (Å²) < 4.78 is 49.9. The van der Waals surface area contributed by atoms with Gasteiger partial charge in [0.15, 0.2) is 11.6 Å². The Morgan fingerprint density at radius 1 is 1.29 bits per heavy atom. The summed E-state index contributed by atoms with van der Waals surface area (Å²) in [4.78, 5) is 3.68. The van der Waals surface area contributed by atoms with Gasteiger partial charge in [-0.2, -0.15) is 4.72 Å². The second-order valence-corrected chi connectivity index (χ2v) is 6.22. The van der Waals surface area contributed by atoms with Gasteiger partial charge in [-0.25, -0.2) is 12.8 Å². The molecule has 24 heavy (non-hydrogen) atoms. The van der Waals surface area contributed by atoms with E-state index in [9.17, 15) is 12.8 Å². The fourth-order valence-electron chi connectivity index (χ4n) is 1.69. The zero-order valence-electron chi connectivity index (χ0n) is 12.8. The predicted octanol–water partition coefficient (Wildman–Crippen LogP) is 1.59. The molecule has 8 heteroatoms. The molecule has 0 amide bonds. The minimum Gasteiger partial charge on any atom is -0.494 e. The van der Waals surface area contributed by atoms with Gasteiger partial charge < -0.3 is 9.47 Å². The maximum absolute atomic E-state index is 13.6. The minimum absolute atomic E-state index is 0.0266. The lowest BCUT2D eigenvalue weighted by Crippen LogP contribution is -2.24. The number of halogens is 1. The average molecular weight is 350 g/mol. The third-order valence-electron chi connectivity index (χ3n) is 2.85. The van der Waals surface area contributed by atoms with Gasteiger partial charge in [-0.3, -0.25) is 4.98 Å². The molecule has 1 aromatic carbocycles. The first-order valence-electron chi connectivity index (χ1n) is 6.84. The van der Waals surface area contributed by atoms with Gasteiger partial charge in [-0.15, -0.1) is 0 Å². The number of methoxy groups -OCH3 is 1. The number of rotatable bonds is 6. The van der Waals surface area contributed by atoms with Crippen molar-refractivity contribution >= 4 is 10.0 Å². The Balaban J connectivity index is 1.87. The molecule has 0 radical (unpaired) electrons. The van der Waals surface area contributed by atoms with E-state index in [0.717, 1.165) is 6.07 Å². The van der Waals surface area contributed by atoms with E-state index in [1.807, 2.05) is 0 Å². The summed E-state index contributed by atoms with van der Waals surface area (Å²) >= 11 is 0. The molecule has 1 N–H and O–H groups in total. The molecule has 0 aliphatic heterocycles. The molecule has 0 unspecified atom stereocenters. The van der Waals surface area contributed by atoms with Crippen molar-refractivity contribution in [3.8, 4) is 23.3 Å². The zero-order chi connectivity index (χ0) is 17.4. The van der Waals surface area contributed by atoms with Crippen LogP contribution in [0.3, 0.4) is 0 Å². The van der Waals surface area contributed by atoms with Crippen LogP contribution in [0.15, 0.2) is 47.6 Å². The van der Waals surface area contributed by atoms with Crippen LogP contribution in [0.25, 0.3) is 0 Å². The first-order valence-corrected chi connectivity index (χ1v) is 8.33. The smallest absolute Gasteiger partial charge is 0.241 e. The van der Waals surface area contributed by atoms with Crippen molar-refractivity contribution < 1.29 is 22.3 Å².